The van der Waals surface area contributed by atoms with Crippen molar-refractivity contribution in [2.75, 3.05) is 5.73 Å². The highest BCUT2D eigenvalue weighted by molar-refractivity contribution is 7.90. The summed E-state index contributed by atoms with van der Waals surface area (Å²) in [6, 6.07) is 10.3. The van der Waals surface area contributed by atoms with E-state index in [1.165, 1.54) is 15.3 Å². The number of hydrogen-bond acceptors (Lipinski definition) is 5. The summed E-state index contributed by atoms with van der Waals surface area (Å²) in [5, 5.41) is 0.475. The first-order chi connectivity index (χ1) is 10.6. The molecule has 0 amide bonds. The van der Waals surface area contributed by atoms with Crippen molar-refractivity contribution in [3.63, 3.8) is 0 Å². The zero-order valence-electron chi connectivity index (χ0n) is 11.6. The summed E-state index contributed by atoms with van der Waals surface area (Å²) in [6.07, 6.45) is 3.27. The van der Waals surface area contributed by atoms with E-state index >= 15 is 0 Å². The van der Waals surface area contributed by atoms with Gasteiger partial charge >= 0.3 is 0 Å². The number of aryl methyl sites for hydroxylation is 2. The molecule has 22 heavy (non-hydrogen) atoms. The maximum absolute atomic E-state index is 12.9. The van der Waals surface area contributed by atoms with Crippen LogP contribution in [0.25, 0.3) is 11.4 Å². The normalized spacial score (nSPS) is 13.6. The Morgan fingerprint density at radius 1 is 1.14 bits per heavy atom. The monoisotopic (exact) mass is 331 g/mol. The van der Waals surface area contributed by atoms with Gasteiger partial charge in [0.1, 0.15) is 5.69 Å². The number of nitrogens with zero attached hydrogens (tertiary/aromatic N) is 2. The molecule has 2 N–H and O–H groups in total. The van der Waals surface area contributed by atoms with Gasteiger partial charge in [0.05, 0.1) is 10.6 Å². The molecule has 0 unspecified atom stereocenters. The van der Waals surface area contributed by atoms with Crippen molar-refractivity contribution in [2.45, 2.75) is 17.7 Å². The van der Waals surface area contributed by atoms with E-state index in [0.29, 0.717) is 16.5 Å². The third-order valence-corrected chi connectivity index (χ3v) is 6.43. The van der Waals surface area contributed by atoms with Crippen LogP contribution in [0.3, 0.4) is 0 Å². The van der Waals surface area contributed by atoms with Crippen LogP contribution < -0.4 is 5.73 Å². The first kappa shape index (κ1) is 13.5. The van der Waals surface area contributed by atoms with Crippen LogP contribution in [-0.4, -0.2) is 17.4 Å². The number of benzene rings is 1. The van der Waals surface area contributed by atoms with E-state index in [4.69, 9.17) is 5.73 Å². The topological polar surface area (TPSA) is 78.0 Å². The molecular formula is C15H13N3O2S2. The number of aromatic nitrogens is 2. The standard InChI is InChI=1S/C15H13N3O2S2/c16-15-17-13-12(21-15)7-6-10-8-9-18(14(10)13)22(19,20)11-4-2-1-3-5-11/h1-5,8-9H,6-7H2,(H2,16,17). The van der Waals surface area contributed by atoms with Gasteiger partial charge in [0.2, 0.25) is 0 Å². The minimum Gasteiger partial charge on any atom is -0.375 e. The van der Waals surface area contributed by atoms with Gasteiger partial charge in [-0.25, -0.2) is 17.4 Å². The van der Waals surface area contributed by atoms with Gasteiger partial charge in [-0.1, -0.05) is 18.2 Å². The third-order valence-electron chi connectivity index (χ3n) is 3.80. The first-order valence-electron chi connectivity index (χ1n) is 6.84. The molecule has 0 saturated heterocycles. The highest BCUT2D eigenvalue weighted by atomic mass is 32.2. The van der Waals surface area contributed by atoms with Crippen LogP contribution >= 0.6 is 11.3 Å². The summed E-state index contributed by atoms with van der Waals surface area (Å²) in [7, 11) is -3.63. The average Bonchev–Trinajstić information content (AvgIpc) is 3.10. The van der Waals surface area contributed by atoms with Crippen LogP contribution in [0.1, 0.15) is 10.4 Å². The number of rotatable bonds is 2. The van der Waals surface area contributed by atoms with Crippen molar-refractivity contribution in [3.8, 4) is 11.4 Å². The predicted molar refractivity (Wildman–Crippen MR) is 86.4 cm³/mol. The van der Waals surface area contributed by atoms with Crippen LogP contribution in [0.2, 0.25) is 0 Å². The summed E-state index contributed by atoms with van der Waals surface area (Å²) in [4.78, 5) is 5.66. The van der Waals surface area contributed by atoms with Gasteiger partial charge in [-0.3, -0.25) is 0 Å². The molecule has 112 valence electrons. The second-order valence-electron chi connectivity index (χ2n) is 5.13. The van der Waals surface area contributed by atoms with Gasteiger partial charge < -0.3 is 5.73 Å². The molecule has 2 heterocycles. The van der Waals surface area contributed by atoms with E-state index in [9.17, 15) is 8.42 Å². The molecule has 0 radical (unpaired) electrons. The number of hydrogen-bond donors (Lipinski definition) is 1. The van der Waals surface area contributed by atoms with Gasteiger partial charge in [0.25, 0.3) is 10.0 Å². The van der Waals surface area contributed by atoms with Gasteiger partial charge in [0, 0.05) is 11.1 Å². The second kappa shape index (κ2) is 4.69. The maximum atomic E-state index is 12.9. The van der Waals surface area contributed by atoms with E-state index in [-0.39, 0.29) is 4.90 Å². The molecule has 1 aromatic carbocycles. The molecule has 0 fully saturated rings. The number of nitrogens with two attached hydrogens (primary N) is 1. The molecule has 0 saturated carbocycles. The van der Waals surface area contributed by atoms with Crippen LogP contribution in [-0.2, 0) is 22.9 Å². The molecule has 4 rings (SSSR count). The quantitative estimate of drug-likeness (QED) is 0.783. The summed E-state index contributed by atoms with van der Waals surface area (Å²) in [6.45, 7) is 0. The number of anilines is 1. The Kier molecular flexibility index (Phi) is 2.88. The van der Waals surface area contributed by atoms with Crippen molar-refractivity contribution in [1.29, 1.82) is 0 Å². The molecule has 0 bridgehead atoms. The van der Waals surface area contributed by atoms with E-state index in [2.05, 4.69) is 4.98 Å². The Hall–Kier alpha value is -2.12. The lowest BCUT2D eigenvalue weighted by atomic mass is 10.0. The number of fused-ring (bicyclic) bond motifs is 3. The summed E-state index contributed by atoms with van der Waals surface area (Å²) < 4.78 is 27.1. The van der Waals surface area contributed by atoms with E-state index < -0.39 is 10.0 Å². The molecule has 3 aromatic rings. The predicted octanol–water partition coefficient (Wildman–Crippen LogP) is 2.53. The summed E-state index contributed by atoms with van der Waals surface area (Å²) in [5.74, 6) is 0. The van der Waals surface area contributed by atoms with Crippen molar-refractivity contribution in [3.05, 3.63) is 53.0 Å². The highest BCUT2D eigenvalue weighted by Gasteiger charge is 2.28. The van der Waals surface area contributed by atoms with Crippen molar-refractivity contribution >= 4 is 26.5 Å². The van der Waals surface area contributed by atoms with Crippen LogP contribution in [0.5, 0.6) is 0 Å². The zero-order chi connectivity index (χ0) is 15.3. The SMILES string of the molecule is Nc1nc2c(s1)CCc1ccn(S(=O)(=O)c3ccccc3)c1-2. The fourth-order valence-corrected chi connectivity index (χ4v) is 5.02. The lowest BCUT2D eigenvalue weighted by Gasteiger charge is -2.15. The number of nitrogen functional groups attached to an aromatic ring is 1. The molecule has 1 aliphatic rings. The van der Waals surface area contributed by atoms with Gasteiger partial charge in [-0.05, 0) is 36.6 Å². The smallest absolute Gasteiger partial charge is 0.268 e. The Labute approximate surface area is 132 Å². The van der Waals surface area contributed by atoms with Crippen LogP contribution in [0.4, 0.5) is 5.13 Å². The molecule has 0 aliphatic heterocycles. The highest BCUT2D eigenvalue weighted by Crippen LogP contribution is 2.39. The lowest BCUT2D eigenvalue weighted by molar-refractivity contribution is 0.588. The largest absolute Gasteiger partial charge is 0.375 e. The number of thiazole rings is 1. The van der Waals surface area contributed by atoms with Crippen LogP contribution in [0.15, 0.2) is 47.5 Å². The summed E-state index contributed by atoms with van der Waals surface area (Å²) >= 11 is 1.43. The fraction of sp³-hybridized carbons (Fsp3) is 0.133. The van der Waals surface area contributed by atoms with Crippen molar-refractivity contribution in [2.24, 2.45) is 0 Å². The Balaban J connectivity index is 1.96. The Bertz CT molecular complexity index is 956. The second-order valence-corrected chi connectivity index (χ2v) is 8.06. The van der Waals surface area contributed by atoms with E-state index in [0.717, 1.165) is 23.3 Å². The average molecular weight is 331 g/mol. The van der Waals surface area contributed by atoms with Crippen molar-refractivity contribution in [1.82, 2.24) is 8.96 Å². The van der Waals surface area contributed by atoms with E-state index in [1.54, 1.807) is 36.5 Å². The molecule has 0 atom stereocenters. The lowest BCUT2D eigenvalue weighted by Crippen LogP contribution is -2.15. The molecule has 0 spiro atoms. The fourth-order valence-electron chi connectivity index (χ4n) is 2.79. The Morgan fingerprint density at radius 2 is 1.91 bits per heavy atom. The van der Waals surface area contributed by atoms with Gasteiger partial charge in [-0.2, -0.15) is 0 Å². The minimum absolute atomic E-state index is 0.267. The molecule has 7 heteroatoms. The molecule has 1 aliphatic carbocycles. The van der Waals surface area contributed by atoms with Crippen LogP contribution in [0, 0.1) is 0 Å². The summed E-state index contributed by atoms with van der Waals surface area (Å²) in [5.41, 5.74) is 8.15. The zero-order valence-corrected chi connectivity index (χ0v) is 13.2. The van der Waals surface area contributed by atoms with Gasteiger partial charge in [0.15, 0.2) is 5.13 Å². The first-order valence-corrected chi connectivity index (χ1v) is 9.09. The van der Waals surface area contributed by atoms with Gasteiger partial charge in [-0.15, -0.1) is 11.3 Å². The molecular weight excluding hydrogens is 318 g/mol. The Morgan fingerprint density at radius 3 is 2.68 bits per heavy atom. The van der Waals surface area contributed by atoms with Crippen molar-refractivity contribution < 1.29 is 8.42 Å². The minimum atomic E-state index is -3.63. The molecule has 2 aromatic heterocycles. The van der Waals surface area contributed by atoms with E-state index in [1.807, 2.05) is 6.07 Å². The third kappa shape index (κ3) is 1.89. The molecule has 5 nitrogen and oxygen atoms in total. The maximum Gasteiger partial charge on any atom is 0.268 e.